The summed E-state index contributed by atoms with van der Waals surface area (Å²) in [4.78, 5) is 0. The molecule has 2 heterocycles. The van der Waals surface area contributed by atoms with E-state index in [-0.39, 0.29) is 0 Å². The summed E-state index contributed by atoms with van der Waals surface area (Å²) in [5.74, 6) is 1.31. The molecule has 0 radical (unpaired) electrons. The van der Waals surface area contributed by atoms with Gasteiger partial charge in [-0.25, -0.2) is 0 Å². The molecule has 1 atom stereocenters. The largest absolute Gasteiger partial charge is 0.459 e. The molecule has 0 amide bonds. The van der Waals surface area contributed by atoms with Gasteiger partial charge in [-0.3, -0.25) is 0 Å². The van der Waals surface area contributed by atoms with Gasteiger partial charge in [0.2, 0.25) is 0 Å². The number of halogens is 1. The highest BCUT2D eigenvalue weighted by Gasteiger charge is 2.19. The molecule has 0 saturated carbocycles. The molecule has 0 saturated heterocycles. The normalized spacial score (nSPS) is 13.0. The van der Waals surface area contributed by atoms with E-state index in [1.54, 1.807) is 6.07 Å². The lowest BCUT2D eigenvalue weighted by atomic mass is 10.1. The van der Waals surface area contributed by atoms with E-state index < -0.39 is 6.04 Å². The maximum atomic E-state index is 6.26. The molecule has 0 aliphatic carbocycles. The molecule has 0 spiro atoms. The molecular weight excluding hydrogens is 286 g/mol. The van der Waals surface area contributed by atoms with Crippen molar-refractivity contribution in [1.82, 2.24) is 0 Å². The first-order valence-electron chi connectivity index (χ1n) is 6.64. The number of para-hydroxylation sites is 2. The average Bonchev–Trinajstić information content (AvgIpc) is 3.11. The molecule has 2 aromatic carbocycles. The fourth-order valence-electron chi connectivity index (χ4n) is 2.50. The lowest BCUT2D eigenvalue weighted by molar-refractivity contribution is 0.463. The summed E-state index contributed by atoms with van der Waals surface area (Å²) in [5, 5.41) is 2.54. The van der Waals surface area contributed by atoms with Gasteiger partial charge in [0.05, 0.1) is 5.02 Å². The lowest BCUT2D eigenvalue weighted by Crippen LogP contribution is -2.09. The van der Waals surface area contributed by atoms with Crippen LogP contribution in [0.15, 0.2) is 63.4 Å². The van der Waals surface area contributed by atoms with Crippen molar-refractivity contribution in [2.24, 2.45) is 5.73 Å². The second-order valence-corrected chi connectivity index (χ2v) is 5.38. The van der Waals surface area contributed by atoms with Gasteiger partial charge in [-0.1, -0.05) is 41.9 Å². The van der Waals surface area contributed by atoms with Crippen LogP contribution in [-0.4, -0.2) is 0 Å². The van der Waals surface area contributed by atoms with Gasteiger partial charge in [-0.15, -0.1) is 0 Å². The van der Waals surface area contributed by atoms with E-state index in [1.807, 2.05) is 48.5 Å². The maximum Gasteiger partial charge on any atom is 0.152 e. The summed E-state index contributed by atoms with van der Waals surface area (Å²) in [6.45, 7) is 0. The van der Waals surface area contributed by atoms with Gasteiger partial charge in [0.25, 0.3) is 0 Å². The number of rotatable bonds is 2. The zero-order chi connectivity index (χ0) is 14.4. The molecule has 0 bridgehead atoms. The summed E-state index contributed by atoms with van der Waals surface area (Å²) in [5.41, 5.74) is 7.73. The summed E-state index contributed by atoms with van der Waals surface area (Å²) < 4.78 is 11.6. The third kappa shape index (κ3) is 2.02. The summed E-state index contributed by atoms with van der Waals surface area (Å²) in [6, 6.07) is 16.8. The van der Waals surface area contributed by atoms with E-state index in [4.69, 9.17) is 26.2 Å². The molecule has 104 valence electrons. The Balaban J connectivity index is 1.81. The van der Waals surface area contributed by atoms with Gasteiger partial charge in [0.15, 0.2) is 5.58 Å². The van der Waals surface area contributed by atoms with Crippen molar-refractivity contribution >= 4 is 33.5 Å². The van der Waals surface area contributed by atoms with Gasteiger partial charge in [-0.05, 0) is 24.3 Å². The Morgan fingerprint density at radius 1 is 0.857 bits per heavy atom. The number of nitrogens with two attached hydrogens (primary N) is 1. The van der Waals surface area contributed by atoms with Crippen LogP contribution in [0.5, 0.6) is 0 Å². The number of fused-ring (bicyclic) bond motifs is 2. The van der Waals surface area contributed by atoms with Crippen LogP contribution in [0.25, 0.3) is 21.9 Å². The van der Waals surface area contributed by atoms with Crippen molar-refractivity contribution in [2.75, 3.05) is 0 Å². The third-order valence-corrected chi connectivity index (χ3v) is 3.87. The number of furan rings is 2. The summed E-state index contributed by atoms with van der Waals surface area (Å²) >= 11 is 6.13. The first kappa shape index (κ1) is 12.5. The minimum absolute atomic E-state index is 0.458. The number of hydrogen-bond acceptors (Lipinski definition) is 3. The van der Waals surface area contributed by atoms with Crippen molar-refractivity contribution < 1.29 is 8.83 Å². The molecule has 2 aromatic heterocycles. The smallest absolute Gasteiger partial charge is 0.152 e. The first-order chi connectivity index (χ1) is 10.2. The van der Waals surface area contributed by atoms with Gasteiger partial charge in [0.1, 0.15) is 23.1 Å². The Labute approximate surface area is 125 Å². The predicted octanol–water partition coefficient (Wildman–Crippen LogP) is 4.88. The van der Waals surface area contributed by atoms with E-state index in [0.29, 0.717) is 22.1 Å². The van der Waals surface area contributed by atoms with Crippen LogP contribution in [0.1, 0.15) is 17.6 Å². The molecule has 4 heteroatoms. The molecule has 0 aliphatic heterocycles. The summed E-state index contributed by atoms with van der Waals surface area (Å²) in [7, 11) is 0. The Morgan fingerprint density at radius 2 is 1.57 bits per heavy atom. The molecule has 1 unspecified atom stereocenters. The first-order valence-corrected chi connectivity index (χ1v) is 7.02. The van der Waals surface area contributed by atoms with Crippen LogP contribution < -0.4 is 5.73 Å². The van der Waals surface area contributed by atoms with Gasteiger partial charge >= 0.3 is 0 Å². The fraction of sp³-hybridized carbons (Fsp3) is 0.0588. The zero-order valence-electron chi connectivity index (χ0n) is 11.0. The van der Waals surface area contributed by atoms with E-state index in [9.17, 15) is 0 Å². The predicted molar refractivity (Wildman–Crippen MR) is 83.5 cm³/mol. The fourth-order valence-corrected chi connectivity index (χ4v) is 2.72. The van der Waals surface area contributed by atoms with Gasteiger partial charge in [-0.2, -0.15) is 0 Å². The topological polar surface area (TPSA) is 52.3 Å². The Morgan fingerprint density at radius 3 is 2.38 bits per heavy atom. The summed E-state index contributed by atoms with van der Waals surface area (Å²) in [6.07, 6.45) is 0. The third-order valence-electron chi connectivity index (χ3n) is 3.57. The molecule has 0 fully saturated rings. The zero-order valence-corrected chi connectivity index (χ0v) is 11.8. The minimum atomic E-state index is -0.458. The second kappa shape index (κ2) is 4.65. The van der Waals surface area contributed by atoms with E-state index in [2.05, 4.69) is 0 Å². The molecule has 21 heavy (non-hydrogen) atoms. The molecule has 3 nitrogen and oxygen atoms in total. The second-order valence-electron chi connectivity index (χ2n) is 4.97. The van der Waals surface area contributed by atoms with Crippen molar-refractivity contribution in [3.8, 4) is 0 Å². The van der Waals surface area contributed by atoms with E-state index >= 15 is 0 Å². The maximum absolute atomic E-state index is 6.26. The Hall–Kier alpha value is -2.23. The minimum Gasteiger partial charge on any atom is -0.459 e. The highest BCUT2D eigenvalue weighted by Crippen LogP contribution is 2.32. The SMILES string of the molecule is NC(c1cc2ccccc2o1)c1cc2cccc(Cl)c2o1. The average molecular weight is 298 g/mol. The van der Waals surface area contributed by atoms with Gasteiger partial charge < -0.3 is 14.6 Å². The van der Waals surface area contributed by atoms with Gasteiger partial charge in [0, 0.05) is 10.8 Å². The van der Waals surface area contributed by atoms with Crippen molar-refractivity contribution in [1.29, 1.82) is 0 Å². The Kier molecular flexibility index (Phi) is 2.77. The van der Waals surface area contributed by atoms with Crippen LogP contribution >= 0.6 is 11.6 Å². The van der Waals surface area contributed by atoms with Crippen LogP contribution in [0, 0.1) is 0 Å². The number of benzene rings is 2. The van der Waals surface area contributed by atoms with Crippen molar-refractivity contribution in [3.05, 3.63) is 71.1 Å². The van der Waals surface area contributed by atoms with Crippen LogP contribution in [0.3, 0.4) is 0 Å². The monoisotopic (exact) mass is 297 g/mol. The number of hydrogen-bond donors (Lipinski definition) is 1. The van der Waals surface area contributed by atoms with Crippen molar-refractivity contribution in [2.45, 2.75) is 6.04 Å². The molecule has 2 N–H and O–H groups in total. The van der Waals surface area contributed by atoms with E-state index in [1.165, 1.54) is 0 Å². The quantitative estimate of drug-likeness (QED) is 0.573. The van der Waals surface area contributed by atoms with Crippen LogP contribution in [0.2, 0.25) is 5.02 Å². The van der Waals surface area contributed by atoms with Crippen molar-refractivity contribution in [3.63, 3.8) is 0 Å². The standard InChI is InChI=1S/C17H12ClNO2/c18-12-6-3-5-11-9-15(21-17(11)12)16(19)14-8-10-4-1-2-7-13(10)20-14/h1-9,16H,19H2. The van der Waals surface area contributed by atoms with Crippen LogP contribution in [-0.2, 0) is 0 Å². The molecule has 4 rings (SSSR count). The van der Waals surface area contributed by atoms with Crippen LogP contribution in [0.4, 0.5) is 0 Å². The highest BCUT2D eigenvalue weighted by atomic mass is 35.5. The lowest BCUT2D eigenvalue weighted by Gasteiger charge is -2.03. The Bertz CT molecular complexity index is 905. The molecular formula is C17H12ClNO2. The molecule has 0 aliphatic rings. The molecule has 4 aromatic rings. The van der Waals surface area contributed by atoms with E-state index in [0.717, 1.165) is 16.4 Å². The highest BCUT2D eigenvalue weighted by molar-refractivity contribution is 6.34.